The Morgan fingerprint density at radius 3 is 2.56 bits per heavy atom. The quantitative estimate of drug-likeness (QED) is 0.324. The highest BCUT2D eigenvalue weighted by atomic mass is 32.1. The summed E-state index contributed by atoms with van der Waals surface area (Å²) in [4.78, 5) is 18.8. The number of aromatic nitrogens is 4. The largest absolute Gasteiger partial charge is 0.390 e. The van der Waals surface area contributed by atoms with Crippen LogP contribution in [0.5, 0.6) is 0 Å². The second kappa shape index (κ2) is 9.16. The number of hydrogen-bond donors (Lipinski definition) is 5. The van der Waals surface area contributed by atoms with E-state index in [0.29, 0.717) is 36.9 Å². The highest BCUT2D eigenvalue weighted by molar-refractivity contribution is 7.21. The van der Waals surface area contributed by atoms with Gasteiger partial charge in [-0.2, -0.15) is 4.98 Å². The van der Waals surface area contributed by atoms with Crippen LogP contribution in [0.25, 0.3) is 20.8 Å². The third kappa shape index (κ3) is 4.34. The molecule has 0 aliphatic heterocycles. The van der Waals surface area contributed by atoms with E-state index in [9.17, 15) is 15.3 Å². The molecule has 0 amide bonds. The van der Waals surface area contributed by atoms with Gasteiger partial charge in [-0.25, -0.2) is 9.97 Å². The second-order valence-corrected chi connectivity index (χ2v) is 11.9. The van der Waals surface area contributed by atoms with Gasteiger partial charge >= 0.3 is 0 Å². The van der Waals surface area contributed by atoms with Gasteiger partial charge in [0, 0.05) is 18.7 Å². The average molecular weight is 511 g/mol. The summed E-state index contributed by atoms with van der Waals surface area (Å²) in [6.07, 6.45) is 5.95. The minimum absolute atomic E-state index is 0.373. The van der Waals surface area contributed by atoms with E-state index in [4.69, 9.17) is 15.0 Å². The van der Waals surface area contributed by atoms with Crippen LogP contribution in [0.3, 0.4) is 0 Å². The summed E-state index contributed by atoms with van der Waals surface area (Å²) in [5.41, 5.74) is 2.38. The first-order chi connectivity index (χ1) is 17.3. The van der Waals surface area contributed by atoms with E-state index in [-0.39, 0.29) is 5.92 Å². The molecule has 3 heterocycles. The van der Waals surface area contributed by atoms with Crippen LogP contribution in [0.1, 0.15) is 56.3 Å². The summed E-state index contributed by atoms with van der Waals surface area (Å²) in [5.74, 6) is 1.43. The molecule has 0 bridgehead atoms. The number of aliphatic hydroxyl groups is 3. The van der Waals surface area contributed by atoms with Crippen molar-refractivity contribution >= 4 is 33.3 Å². The zero-order chi connectivity index (χ0) is 25.0. The van der Waals surface area contributed by atoms with E-state index in [1.54, 1.807) is 17.5 Å². The van der Waals surface area contributed by atoms with Crippen molar-refractivity contribution in [3.63, 3.8) is 0 Å². The standard InChI is InChI=1S/C26H34N6O3S/c1-13-19(24-31-20-14(2)27-10-7-18(20)36-24)23(32-25(29-13)28-12-15-5-6-15)30-17-11-16(21(33)22(17)34)26(35)8-3-4-9-26/h7,10,15-17,21-22,33-35H,3-6,8-9,11-12H2,1-2H3,(H2,28,29,30,32)/t16-,17+,21+,22-/m0/s1. The second-order valence-electron chi connectivity index (χ2n) is 10.8. The number of aryl methyl sites for hydroxylation is 2. The van der Waals surface area contributed by atoms with Crippen LogP contribution in [0.4, 0.5) is 11.8 Å². The van der Waals surface area contributed by atoms with Crippen molar-refractivity contribution in [2.24, 2.45) is 11.8 Å². The van der Waals surface area contributed by atoms with E-state index < -0.39 is 23.9 Å². The molecule has 3 aliphatic rings. The predicted molar refractivity (Wildman–Crippen MR) is 140 cm³/mol. The number of thiazole rings is 1. The number of nitrogens with zero attached hydrogens (tertiary/aromatic N) is 4. The lowest BCUT2D eigenvalue weighted by molar-refractivity contribution is -0.0763. The minimum Gasteiger partial charge on any atom is -0.390 e. The molecule has 10 heteroatoms. The van der Waals surface area contributed by atoms with Crippen LogP contribution in [-0.2, 0) is 0 Å². The number of pyridine rings is 1. The summed E-state index contributed by atoms with van der Waals surface area (Å²) in [6.45, 7) is 4.74. The SMILES string of the molecule is Cc1nc(NCC2CC2)nc(N[C@@H]2C[C@H](C3(O)CCCC3)[C@@H](O)[C@H]2O)c1-c1nc2c(C)nccc2s1. The van der Waals surface area contributed by atoms with Crippen molar-refractivity contribution in [2.75, 3.05) is 17.2 Å². The van der Waals surface area contributed by atoms with Gasteiger partial charge in [0.05, 0.1) is 39.4 Å². The van der Waals surface area contributed by atoms with Gasteiger partial charge in [-0.05, 0) is 57.9 Å². The van der Waals surface area contributed by atoms with Crippen molar-refractivity contribution in [3.8, 4) is 10.6 Å². The Balaban J connectivity index is 1.36. The Morgan fingerprint density at radius 2 is 1.83 bits per heavy atom. The highest BCUT2D eigenvalue weighted by Gasteiger charge is 2.52. The molecule has 3 saturated carbocycles. The Morgan fingerprint density at radius 1 is 1.06 bits per heavy atom. The van der Waals surface area contributed by atoms with Gasteiger partial charge in [-0.1, -0.05) is 12.8 Å². The lowest BCUT2D eigenvalue weighted by Crippen LogP contribution is -2.42. The topological polar surface area (TPSA) is 136 Å². The molecule has 5 N–H and O–H groups in total. The maximum Gasteiger partial charge on any atom is 0.224 e. The Hall–Kier alpha value is -2.40. The molecule has 3 aromatic rings. The minimum atomic E-state index is -1.01. The first kappa shape index (κ1) is 24.0. The van der Waals surface area contributed by atoms with Gasteiger partial charge in [0.15, 0.2) is 0 Å². The Bertz CT molecular complexity index is 1270. The van der Waals surface area contributed by atoms with Gasteiger partial charge in [0.25, 0.3) is 0 Å². The smallest absolute Gasteiger partial charge is 0.224 e. The summed E-state index contributed by atoms with van der Waals surface area (Å²) in [6, 6.07) is 1.51. The Kier molecular flexibility index (Phi) is 6.10. The van der Waals surface area contributed by atoms with Gasteiger partial charge < -0.3 is 26.0 Å². The summed E-state index contributed by atoms with van der Waals surface area (Å²) >= 11 is 1.56. The fourth-order valence-corrected chi connectivity index (χ4v) is 7.01. The van der Waals surface area contributed by atoms with Gasteiger partial charge in [0.1, 0.15) is 22.4 Å². The number of rotatable bonds is 7. The van der Waals surface area contributed by atoms with Crippen molar-refractivity contribution in [1.82, 2.24) is 19.9 Å². The van der Waals surface area contributed by atoms with Gasteiger partial charge in [-0.15, -0.1) is 11.3 Å². The third-order valence-corrected chi connectivity index (χ3v) is 9.24. The lowest BCUT2D eigenvalue weighted by Gasteiger charge is -2.32. The molecule has 0 aromatic carbocycles. The number of hydrogen-bond acceptors (Lipinski definition) is 10. The van der Waals surface area contributed by atoms with Gasteiger partial charge in [-0.3, -0.25) is 4.98 Å². The average Bonchev–Trinajstić information content (AvgIpc) is 3.29. The summed E-state index contributed by atoms with van der Waals surface area (Å²) in [7, 11) is 0. The van der Waals surface area contributed by atoms with Crippen molar-refractivity contribution in [3.05, 3.63) is 23.7 Å². The molecule has 6 rings (SSSR count). The summed E-state index contributed by atoms with van der Waals surface area (Å²) in [5, 5.41) is 40.7. The molecule has 3 aliphatic carbocycles. The molecule has 0 saturated heterocycles. The van der Waals surface area contributed by atoms with Crippen LogP contribution >= 0.6 is 11.3 Å². The molecule has 0 radical (unpaired) electrons. The molecule has 3 fully saturated rings. The normalized spacial score (nSPS) is 27.6. The number of aliphatic hydroxyl groups excluding tert-OH is 2. The van der Waals surface area contributed by atoms with Crippen molar-refractivity contribution in [2.45, 2.75) is 82.6 Å². The first-order valence-electron chi connectivity index (χ1n) is 13.0. The fraction of sp³-hybridized carbons (Fsp3) is 0.615. The van der Waals surface area contributed by atoms with Gasteiger partial charge in [0.2, 0.25) is 5.95 Å². The van der Waals surface area contributed by atoms with Crippen LogP contribution < -0.4 is 10.6 Å². The number of nitrogens with one attached hydrogen (secondary N) is 2. The molecule has 192 valence electrons. The maximum atomic E-state index is 11.2. The molecule has 36 heavy (non-hydrogen) atoms. The zero-order valence-electron chi connectivity index (χ0n) is 20.7. The fourth-order valence-electron chi connectivity index (χ4n) is 5.90. The molecule has 0 spiro atoms. The van der Waals surface area contributed by atoms with E-state index in [2.05, 4.69) is 15.6 Å². The molecule has 0 unspecified atom stereocenters. The molecule has 3 aromatic heterocycles. The van der Waals surface area contributed by atoms with E-state index in [1.807, 2.05) is 19.9 Å². The first-order valence-corrected chi connectivity index (χ1v) is 13.8. The molecule has 4 atom stereocenters. The predicted octanol–water partition coefficient (Wildman–Crippen LogP) is 3.41. The molecule has 9 nitrogen and oxygen atoms in total. The van der Waals surface area contributed by atoms with Crippen LogP contribution in [0, 0.1) is 25.7 Å². The van der Waals surface area contributed by atoms with Crippen LogP contribution in [-0.4, -0.2) is 65.7 Å². The van der Waals surface area contributed by atoms with Crippen LogP contribution in [0.2, 0.25) is 0 Å². The third-order valence-electron chi connectivity index (χ3n) is 8.20. The van der Waals surface area contributed by atoms with Crippen molar-refractivity contribution < 1.29 is 15.3 Å². The molecular weight excluding hydrogens is 476 g/mol. The van der Waals surface area contributed by atoms with Crippen LogP contribution in [0.15, 0.2) is 12.3 Å². The summed E-state index contributed by atoms with van der Waals surface area (Å²) < 4.78 is 1.04. The number of fused-ring (bicyclic) bond motifs is 1. The van der Waals surface area contributed by atoms with E-state index >= 15 is 0 Å². The maximum absolute atomic E-state index is 11.2. The van der Waals surface area contributed by atoms with Crippen molar-refractivity contribution in [1.29, 1.82) is 0 Å². The monoisotopic (exact) mass is 510 g/mol. The lowest BCUT2D eigenvalue weighted by atomic mass is 9.83. The highest BCUT2D eigenvalue weighted by Crippen LogP contribution is 2.45. The number of anilines is 2. The Labute approximate surface area is 214 Å². The van der Waals surface area contributed by atoms with E-state index in [0.717, 1.165) is 51.6 Å². The molecular formula is C26H34N6O3S. The van der Waals surface area contributed by atoms with E-state index in [1.165, 1.54) is 12.8 Å². The zero-order valence-corrected chi connectivity index (χ0v) is 21.6.